The number of nitrogens with zero attached hydrogens (tertiary/aromatic N) is 2. The van der Waals surface area contributed by atoms with E-state index in [2.05, 4.69) is 10.1 Å². The Kier molecular flexibility index (Phi) is 2.01. The number of nitrogens with two attached hydrogens (primary N) is 1. The number of amidine groups is 1. The second-order valence-corrected chi connectivity index (χ2v) is 3.05. The third kappa shape index (κ3) is 1.38. The summed E-state index contributed by atoms with van der Waals surface area (Å²) in [6.07, 6.45) is 0. The van der Waals surface area contributed by atoms with Crippen LogP contribution in [0.4, 0.5) is 0 Å². The van der Waals surface area contributed by atoms with Gasteiger partial charge < -0.3 is 15.4 Å². The lowest BCUT2D eigenvalue weighted by Gasteiger charge is -1.86. The van der Waals surface area contributed by atoms with Crippen LogP contribution in [0, 0.1) is 0 Å². The molecule has 1 aromatic heterocycles. The van der Waals surface area contributed by atoms with Gasteiger partial charge in [0.05, 0.1) is 0 Å². The monoisotopic (exact) mass is 211 g/mol. The molecule has 0 spiro atoms. The zero-order valence-corrected chi connectivity index (χ0v) is 7.69. The largest absolute Gasteiger partial charge is 0.434 e. The molecule has 72 valence electrons. The van der Waals surface area contributed by atoms with Gasteiger partial charge in [0.25, 0.3) is 5.89 Å². The highest BCUT2D eigenvalue weighted by atomic mass is 35.5. The molecule has 0 fully saturated rings. The minimum absolute atomic E-state index is 0.0739. The summed E-state index contributed by atoms with van der Waals surface area (Å²) >= 11 is 5.75. The summed E-state index contributed by atoms with van der Waals surface area (Å²) in [6.45, 7) is 0. The molecule has 0 aliphatic rings. The molecule has 1 heterocycles. The second kappa shape index (κ2) is 3.19. The van der Waals surface area contributed by atoms with Crippen LogP contribution < -0.4 is 5.73 Å². The number of fused-ring (bicyclic) bond motifs is 1. The van der Waals surface area contributed by atoms with Gasteiger partial charge in [0, 0.05) is 5.02 Å². The van der Waals surface area contributed by atoms with Gasteiger partial charge in [-0.05, 0) is 18.2 Å². The van der Waals surface area contributed by atoms with Crippen molar-refractivity contribution in [3.05, 3.63) is 29.1 Å². The molecule has 0 unspecified atom stereocenters. The van der Waals surface area contributed by atoms with Crippen molar-refractivity contribution in [3.8, 4) is 0 Å². The van der Waals surface area contributed by atoms with Crippen molar-refractivity contribution >= 4 is 28.5 Å². The van der Waals surface area contributed by atoms with Crippen LogP contribution >= 0.6 is 11.6 Å². The van der Waals surface area contributed by atoms with E-state index in [4.69, 9.17) is 27.0 Å². The van der Waals surface area contributed by atoms with Crippen molar-refractivity contribution in [1.29, 1.82) is 0 Å². The molecule has 0 amide bonds. The first kappa shape index (κ1) is 8.83. The Hall–Kier alpha value is -1.75. The molecule has 3 N–H and O–H groups in total. The lowest BCUT2D eigenvalue weighted by atomic mass is 10.3. The highest BCUT2D eigenvalue weighted by molar-refractivity contribution is 6.31. The van der Waals surface area contributed by atoms with E-state index in [1.54, 1.807) is 18.2 Å². The van der Waals surface area contributed by atoms with E-state index in [9.17, 15) is 0 Å². The van der Waals surface area contributed by atoms with Gasteiger partial charge in [-0.25, -0.2) is 4.98 Å². The second-order valence-electron chi connectivity index (χ2n) is 2.62. The molecule has 0 bridgehead atoms. The molecule has 5 nitrogen and oxygen atoms in total. The maximum absolute atomic E-state index is 8.40. The summed E-state index contributed by atoms with van der Waals surface area (Å²) in [5.74, 6) is -0.0953. The van der Waals surface area contributed by atoms with Crippen LogP contribution in [0.5, 0.6) is 0 Å². The minimum atomic E-state index is -0.169. The molecular weight excluding hydrogens is 206 g/mol. The average Bonchev–Trinajstić information content (AvgIpc) is 2.59. The Labute approximate surface area is 83.8 Å². The quantitative estimate of drug-likeness (QED) is 0.325. The van der Waals surface area contributed by atoms with Crippen LogP contribution in [0.25, 0.3) is 11.1 Å². The molecule has 1 aromatic carbocycles. The summed E-state index contributed by atoms with van der Waals surface area (Å²) in [5.41, 5.74) is 6.41. The van der Waals surface area contributed by atoms with E-state index in [-0.39, 0.29) is 11.7 Å². The smallest absolute Gasteiger partial charge is 0.266 e. The zero-order chi connectivity index (χ0) is 10.1. The predicted octanol–water partition coefficient (Wildman–Crippen LogP) is 1.58. The normalized spacial score (nSPS) is 12.2. The average molecular weight is 212 g/mol. The molecule has 0 aliphatic carbocycles. The lowest BCUT2D eigenvalue weighted by Crippen LogP contribution is -2.13. The van der Waals surface area contributed by atoms with Gasteiger partial charge in [0.2, 0.25) is 5.84 Å². The van der Waals surface area contributed by atoms with Gasteiger partial charge in [-0.2, -0.15) is 0 Å². The first-order chi connectivity index (χ1) is 6.70. The van der Waals surface area contributed by atoms with Gasteiger partial charge in [0.1, 0.15) is 5.52 Å². The van der Waals surface area contributed by atoms with Gasteiger partial charge in [-0.3, -0.25) is 0 Å². The highest BCUT2D eigenvalue weighted by Gasteiger charge is 2.09. The molecule has 2 aromatic rings. The number of halogens is 1. The number of benzene rings is 1. The fourth-order valence-corrected chi connectivity index (χ4v) is 1.22. The van der Waals surface area contributed by atoms with Crippen LogP contribution in [-0.2, 0) is 0 Å². The number of rotatable bonds is 1. The van der Waals surface area contributed by atoms with Gasteiger partial charge in [-0.15, -0.1) is 0 Å². The van der Waals surface area contributed by atoms with Crippen molar-refractivity contribution < 1.29 is 9.62 Å². The predicted molar refractivity (Wildman–Crippen MR) is 51.5 cm³/mol. The van der Waals surface area contributed by atoms with E-state index in [1.807, 2.05) is 0 Å². The van der Waals surface area contributed by atoms with Crippen molar-refractivity contribution in [2.24, 2.45) is 10.9 Å². The topological polar surface area (TPSA) is 84.6 Å². The van der Waals surface area contributed by atoms with E-state index in [0.717, 1.165) is 0 Å². The van der Waals surface area contributed by atoms with Crippen LogP contribution in [0.15, 0.2) is 27.8 Å². The third-order valence-corrected chi connectivity index (χ3v) is 1.91. The SMILES string of the molecule is N/C(=N\O)c1nc2cc(Cl)ccc2o1. The van der Waals surface area contributed by atoms with Crippen molar-refractivity contribution in [1.82, 2.24) is 4.98 Å². The fourth-order valence-electron chi connectivity index (χ4n) is 1.05. The fraction of sp³-hybridized carbons (Fsp3) is 0. The van der Waals surface area contributed by atoms with Crippen LogP contribution in [0.1, 0.15) is 5.89 Å². The number of oxazole rings is 1. The van der Waals surface area contributed by atoms with Crippen LogP contribution in [0.2, 0.25) is 5.02 Å². The van der Waals surface area contributed by atoms with Crippen LogP contribution in [-0.4, -0.2) is 16.0 Å². The zero-order valence-electron chi connectivity index (χ0n) is 6.94. The Morgan fingerprint density at radius 2 is 2.36 bits per heavy atom. The molecule has 0 saturated carbocycles. The maximum atomic E-state index is 8.40. The highest BCUT2D eigenvalue weighted by Crippen LogP contribution is 2.19. The van der Waals surface area contributed by atoms with E-state index < -0.39 is 0 Å². The lowest BCUT2D eigenvalue weighted by molar-refractivity contribution is 0.317. The summed E-state index contributed by atoms with van der Waals surface area (Å²) in [5, 5.41) is 11.7. The van der Waals surface area contributed by atoms with Crippen LogP contribution in [0.3, 0.4) is 0 Å². The number of hydrogen-bond donors (Lipinski definition) is 2. The first-order valence-electron chi connectivity index (χ1n) is 3.74. The Morgan fingerprint density at radius 1 is 1.57 bits per heavy atom. The molecule has 0 atom stereocenters. The molecule has 6 heteroatoms. The summed E-state index contributed by atoms with van der Waals surface area (Å²) in [4.78, 5) is 3.98. The summed E-state index contributed by atoms with van der Waals surface area (Å²) in [7, 11) is 0. The van der Waals surface area contributed by atoms with Gasteiger partial charge in [-0.1, -0.05) is 16.8 Å². The molecule has 0 aliphatic heterocycles. The van der Waals surface area contributed by atoms with Crippen molar-refractivity contribution in [2.75, 3.05) is 0 Å². The third-order valence-electron chi connectivity index (χ3n) is 1.68. The molecule has 0 saturated heterocycles. The Bertz CT molecular complexity index is 506. The molecule has 2 rings (SSSR count). The standard InChI is InChI=1S/C8H6ClN3O2/c9-4-1-2-6-5(3-4)11-8(14-6)7(10)12-13/h1-3,13H,(H2,10,12). The van der Waals surface area contributed by atoms with E-state index in [1.165, 1.54) is 0 Å². The number of hydrogen-bond acceptors (Lipinski definition) is 4. The summed E-state index contributed by atoms with van der Waals surface area (Å²) < 4.78 is 5.19. The summed E-state index contributed by atoms with van der Waals surface area (Å²) in [6, 6.07) is 4.97. The van der Waals surface area contributed by atoms with Gasteiger partial charge >= 0.3 is 0 Å². The number of aromatic nitrogens is 1. The molecular formula is C8H6ClN3O2. The van der Waals surface area contributed by atoms with Crippen molar-refractivity contribution in [2.45, 2.75) is 0 Å². The van der Waals surface area contributed by atoms with E-state index >= 15 is 0 Å². The number of oxime groups is 1. The van der Waals surface area contributed by atoms with E-state index in [0.29, 0.717) is 16.1 Å². The van der Waals surface area contributed by atoms with Gasteiger partial charge in [0.15, 0.2) is 5.58 Å². The maximum Gasteiger partial charge on any atom is 0.266 e. The Balaban J connectivity index is 2.62. The first-order valence-corrected chi connectivity index (χ1v) is 4.12. The minimum Gasteiger partial charge on any atom is -0.434 e. The molecule has 14 heavy (non-hydrogen) atoms. The van der Waals surface area contributed by atoms with Crippen molar-refractivity contribution in [3.63, 3.8) is 0 Å². The Morgan fingerprint density at radius 3 is 3.07 bits per heavy atom. The molecule has 0 radical (unpaired) electrons.